The number of nitrogens with one attached hydrogen (secondary N) is 1. The van der Waals surface area contributed by atoms with Crippen molar-refractivity contribution in [3.63, 3.8) is 0 Å². The average molecular weight is 282 g/mol. The monoisotopic (exact) mass is 282 g/mol. The second-order valence-electron chi connectivity index (χ2n) is 5.29. The van der Waals surface area contributed by atoms with Gasteiger partial charge in [-0.05, 0) is 48.4 Å². The molecule has 0 spiro atoms. The van der Waals surface area contributed by atoms with Gasteiger partial charge in [0.25, 0.3) is 5.91 Å². The lowest BCUT2D eigenvalue weighted by molar-refractivity contribution is 0.0940. The largest absolute Gasteiger partial charge is 0.493 e. The summed E-state index contributed by atoms with van der Waals surface area (Å²) in [5, 5.41) is 3.00. The van der Waals surface area contributed by atoms with Crippen molar-refractivity contribution < 1.29 is 9.53 Å². The molecule has 4 heteroatoms. The first-order valence-corrected chi connectivity index (χ1v) is 7.05. The first kappa shape index (κ1) is 13.5. The first-order valence-electron chi connectivity index (χ1n) is 7.05. The number of rotatable bonds is 3. The summed E-state index contributed by atoms with van der Waals surface area (Å²) >= 11 is 0. The second kappa shape index (κ2) is 5.48. The zero-order valence-electron chi connectivity index (χ0n) is 11.9. The molecule has 1 atom stereocenters. The van der Waals surface area contributed by atoms with Crippen molar-refractivity contribution in [1.29, 1.82) is 0 Å². The third kappa shape index (κ3) is 2.84. The summed E-state index contributed by atoms with van der Waals surface area (Å²) in [4.78, 5) is 12.3. The van der Waals surface area contributed by atoms with Gasteiger partial charge in [-0.15, -0.1) is 0 Å². The van der Waals surface area contributed by atoms with Crippen LogP contribution < -0.4 is 15.8 Å². The van der Waals surface area contributed by atoms with Gasteiger partial charge >= 0.3 is 0 Å². The summed E-state index contributed by atoms with van der Waals surface area (Å²) < 4.78 is 5.45. The number of ether oxygens (including phenoxy) is 1. The van der Waals surface area contributed by atoms with E-state index in [-0.39, 0.29) is 11.9 Å². The number of benzene rings is 2. The van der Waals surface area contributed by atoms with Crippen LogP contribution in [0.5, 0.6) is 5.75 Å². The van der Waals surface area contributed by atoms with Crippen LogP contribution in [0.2, 0.25) is 0 Å². The molecule has 2 aromatic carbocycles. The fourth-order valence-electron chi connectivity index (χ4n) is 2.52. The number of hydrogen-bond donors (Lipinski definition) is 2. The Morgan fingerprint density at radius 2 is 2.14 bits per heavy atom. The van der Waals surface area contributed by atoms with Crippen molar-refractivity contribution in [3.05, 3.63) is 59.2 Å². The smallest absolute Gasteiger partial charge is 0.251 e. The zero-order valence-corrected chi connectivity index (χ0v) is 11.9. The van der Waals surface area contributed by atoms with Gasteiger partial charge in [0, 0.05) is 17.7 Å². The topological polar surface area (TPSA) is 64.3 Å². The van der Waals surface area contributed by atoms with E-state index in [1.54, 1.807) is 6.07 Å². The van der Waals surface area contributed by atoms with Gasteiger partial charge in [0.05, 0.1) is 12.6 Å². The summed E-state index contributed by atoms with van der Waals surface area (Å²) in [6, 6.07) is 13.0. The van der Waals surface area contributed by atoms with E-state index in [4.69, 9.17) is 10.5 Å². The molecule has 1 amide bonds. The van der Waals surface area contributed by atoms with Gasteiger partial charge in [0.2, 0.25) is 0 Å². The van der Waals surface area contributed by atoms with Gasteiger partial charge in [-0.2, -0.15) is 0 Å². The van der Waals surface area contributed by atoms with Gasteiger partial charge in [-0.25, -0.2) is 0 Å². The molecule has 2 aromatic rings. The first-order chi connectivity index (χ1) is 10.1. The minimum Gasteiger partial charge on any atom is -0.493 e. The van der Waals surface area contributed by atoms with Crippen molar-refractivity contribution in [1.82, 2.24) is 5.32 Å². The van der Waals surface area contributed by atoms with Crippen LogP contribution in [-0.2, 0) is 6.42 Å². The highest BCUT2D eigenvalue weighted by Crippen LogP contribution is 2.26. The molecule has 0 saturated carbocycles. The minimum atomic E-state index is -0.0921. The Morgan fingerprint density at radius 3 is 2.95 bits per heavy atom. The van der Waals surface area contributed by atoms with Gasteiger partial charge in [0.1, 0.15) is 5.75 Å². The van der Waals surface area contributed by atoms with Crippen molar-refractivity contribution >= 4 is 11.6 Å². The third-order valence-corrected chi connectivity index (χ3v) is 3.71. The van der Waals surface area contributed by atoms with Crippen LogP contribution in [-0.4, -0.2) is 12.5 Å². The lowest BCUT2D eigenvalue weighted by atomic mass is 10.1. The quantitative estimate of drug-likeness (QED) is 0.851. The van der Waals surface area contributed by atoms with Crippen molar-refractivity contribution in [2.75, 3.05) is 12.3 Å². The minimum absolute atomic E-state index is 0.0837. The molecular weight excluding hydrogens is 264 g/mol. The lowest BCUT2D eigenvalue weighted by Crippen LogP contribution is -2.26. The number of nitrogens with two attached hydrogens (primary N) is 1. The Kier molecular flexibility index (Phi) is 3.52. The molecule has 0 aliphatic carbocycles. The molecule has 1 unspecified atom stereocenters. The predicted octanol–water partition coefficient (Wildman–Crippen LogP) is 2.69. The van der Waals surface area contributed by atoms with E-state index in [1.165, 1.54) is 0 Å². The molecular formula is C17H18N2O2. The maximum atomic E-state index is 12.3. The third-order valence-electron chi connectivity index (χ3n) is 3.71. The summed E-state index contributed by atoms with van der Waals surface area (Å²) in [5.74, 6) is 0.801. The molecule has 0 saturated heterocycles. The van der Waals surface area contributed by atoms with E-state index in [2.05, 4.69) is 5.32 Å². The van der Waals surface area contributed by atoms with Crippen LogP contribution in [0.4, 0.5) is 5.69 Å². The molecule has 1 aliphatic heterocycles. The molecule has 1 aliphatic rings. The number of hydrogen-bond acceptors (Lipinski definition) is 3. The van der Waals surface area contributed by atoms with E-state index in [9.17, 15) is 4.79 Å². The van der Waals surface area contributed by atoms with Crippen LogP contribution >= 0.6 is 0 Å². The van der Waals surface area contributed by atoms with E-state index >= 15 is 0 Å². The number of carbonyl (C=O) groups is 1. The van der Waals surface area contributed by atoms with Crippen molar-refractivity contribution in [2.24, 2.45) is 0 Å². The normalized spacial score (nSPS) is 14.1. The van der Waals surface area contributed by atoms with E-state index in [0.29, 0.717) is 17.9 Å². The fraction of sp³-hybridized carbons (Fsp3) is 0.235. The van der Waals surface area contributed by atoms with Crippen LogP contribution in [0.1, 0.15) is 34.5 Å². The summed E-state index contributed by atoms with van der Waals surface area (Å²) in [7, 11) is 0. The molecule has 3 rings (SSSR count). The van der Waals surface area contributed by atoms with Crippen molar-refractivity contribution in [2.45, 2.75) is 19.4 Å². The van der Waals surface area contributed by atoms with E-state index < -0.39 is 0 Å². The molecule has 0 aromatic heterocycles. The maximum Gasteiger partial charge on any atom is 0.251 e. The Bertz CT molecular complexity index is 682. The van der Waals surface area contributed by atoms with Gasteiger partial charge in [-0.1, -0.05) is 12.1 Å². The van der Waals surface area contributed by atoms with Crippen LogP contribution in [0, 0.1) is 0 Å². The highest BCUT2D eigenvalue weighted by Gasteiger charge is 2.16. The summed E-state index contributed by atoms with van der Waals surface area (Å²) in [5.41, 5.74) is 9.22. The van der Waals surface area contributed by atoms with Crippen LogP contribution in [0.25, 0.3) is 0 Å². The highest BCUT2D eigenvalue weighted by atomic mass is 16.5. The predicted molar refractivity (Wildman–Crippen MR) is 82.4 cm³/mol. The van der Waals surface area contributed by atoms with Crippen LogP contribution in [0.3, 0.4) is 0 Å². The summed E-state index contributed by atoms with van der Waals surface area (Å²) in [6.45, 7) is 2.64. The molecule has 3 N–H and O–H groups in total. The number of anilines is 1. The van der Waals surface area contributed by atoms with Gasteiger partial charge < -0.3 is 15.8 Å². The van der Waals surface area contributed by atoms with Crippen LogP contribution in [0.15, 0.2) is 42.5 Å². The molecule has 0 bridgehead atoms. The zero-order chi connectivity index (χ0) is 14.8. The Hall–Kier alpha value is -2.49. The Labute approximate surface area is 123 Å². The van der Waals surface area contributed by atoms with Gasteiger partial charge in [0.15, 0.2) is 0 Å². The van der Waals surface area contributed by atoms with Gasteiger partial charge in [-0.3, -0.25) is 4.79 Å². The highest BCUT2D eigenvalue weighted by molar-refractivity contribution is 5.94. The molecule has 21 heavy (non-hydrogen) atoms. The van der Waals surface area contributed by atoms with E-state index in [0.717, 1.165) is 23.3 Å². The lowest BCUT2D eigenvalue weighted by Gasteiger charge is -2.15. The van der Waals surface area contributed by atoms with Crippen molar-refractivity contribution in [3.8, 4) is 5.75 Å². The standard InChI is InChI=1S/C17H18N2O2/c1-11(12-3-2-4-15(18)10-12)19-17(20)14-5-6-16-13(9-14)7-8-21-16/h2-6,9-11H,7-8,18H2,1H3,(H,19,20). The molecule has 4 nitrogen and oxygen atoms in total. The molecule has 0 radical (unpaired) electrons. The number of carbonyl (C=O) groups excluding carboxylic acids is 1. The maximum absolute atomic E-state index is 12.3. The Balaban J connectivity index is 1.74. The molecule has 0 fully saturated rings. The second-order valence-corrected chi connectivity index (χ2v) is 5.29. The fourth-order valence-corrected chi connectivity index (χ4v) is 2.52. The number of nitrogen functional groups attached to an aromatic ring is 1. The summed E-state index contributed by atoms with van der Waals surface area (Å²) in [6.07, 6.45) is 0.862. The molecule has 1 heterocycles. The van der Waals surface area contributed by atoms with E-state index in [1.807, 2.05) is 43.3 Å². The number of fused-ring (bicyclic) bond motifs is 1. The average Bonchev–Trinajstić information content (AvgIpc) is 2.94. The Morgan fingerprint density at radius 1 is 1.29 bits per heavy atom. The number of amides is 1. The molecule has 108 valence electrons. The SMILES string of the molecule is CC(NC(=O)c1ccc2c(c1)CCO2)c1cccc(N)c1.